The van der Waals surface area contributed by atoms with Crippen molar-refractivity contribution in [3.63, 3.8) is 0 Å². The van der Waals surface area contributed by atoms with Gasteiger partial charge in [-0.05, 0) is 53.0 Å². The van der Waals surface area contributed by atoms with Gasteiger partial charge in [0.25, 0.3) is 0 Å². The normalized spacial score (nSPS) is 15.1. The van der Waals surface area contributed by atoms with Crippen molar-refractivity contribution < 1.29 is 17.9 Å². The average Bonchev–Trinajstić information content (AvgIpc) is 2.63. The SMILES string of the molecule is COc1ccc(C2=C(C(F)(F)F)[CH]CC=C2c2ccc(Cl)c(Cl)c2)cc1. The molecule has 0 atom stereocenters. The molecule has 6 heteroatoms. The van der Waals surface area contributed by atoms with Crippen LogP contribution in [0, 0.1) is 6.42 Å². The van der Waals surface area contributed by atoms with E-state index in [4.69, 9.17) is 27.9 Å². The van der Waals surface area contributed by atoms with E-state index < -0.39 is 11.7 Å². The highest BCUT2D eigenvalue weighted by Crippen LogP contribution is 2.45. The lowest BCUT2D eigenvalue weighted by molar-refractivity contribution is -0.0893. The fraction of sp³-hybridized carbons (Fsp3) is 0.150. The first-order chi connectivity index (χ1) is 12.3. The molecule has 0 unspecified atom stereocenters. The van der Waals surface area contributed by atoms with Crippen LogP contribution in [0.4, 0.5) is 13.2 Å². The Hall–Kier alpha value is -1.91. The molecule has 2 aromatic carbocycles. The fourth-order valence-corrected chi connectivity index (χ4v) is 3.19. The Bertz CT molecular complexity index is 881. The Morgan fingerprint density at radius 1 is 0.923 bits per heavy atom. The molecule has 0 N–H and O–H groups in total. The Morgan fingerprint density at radius 3 is 2.15 bits per heavy atom. The van der Waals surface area contributed by atoms with Crippen LogP contribution >= 0.6 is 23.2 Å². The quantitative estimate of drug-likeness (QED) is 0.541. The molecule has 0 aliphatic heterocycles. The van der Waals surface area contributed by atoms with Gasteiger partial charge in [0.05, 0.1) is 17.2 Å². The highest BCUT2D eigenvalue weighted by molar-refractivity contribution is 6.42. The van der Waals surface area contributed by atoms with Crippen LogP contribution < -0.4 is 4.74 Å². The highest BCUT2D eigenvalue weighted by Gasteiger charge is 2.38. The van der Waals surface area contributed by atoms with E-state index in [0.29, 0.717) is 32.5 Å². The molecular formula is C20H14Cl2F3O. The molecule has 0 bridgehead atoms. The summed E-state index contributed by atoms with van der Waals surface area (Å²) in [6.07, 6.45) is -1.33. The predicted molar refractivity (Wildman–Crippen MR) is 99.3 cm³/mol. The highest BCUT2D eigenvalue weighted by atomic mass is 35.5. The van der Waals surface area contributed by atoms with Crippen LogP contribution in [0.3, 0.4) is 0 Å². The van der Waals surface area contributed by atoms with Crippen LogP contribution in [0.2, 0.25) is 10.0 Å². The van der Waals surface area contributed by atoms with E-state index in [1.165, 1.54) is 13.5 Å². The first-order valence-electron chi connectivity index (χ1n) is 7.76. The van der Waals surface area contributed by atoms with Gasteiger partial charge in [-0.25, -0.2) is 0 Å². The van der Waals surface area contributed by atoms with Crippen molar-refractivity contribution in [3.8, 4) is 5.75 Å². The first kappa shape index (κ1) is 18.9. The Labute approximate surface area is 159 Å². The summed E-state index contributed by atoms with van der Waals surface area (Å²) in [7, 11) is 1.50. The molecule has 3 rings (SSSR count). The number of ether oxygens (including phenoxy) is 1. The molecule has 2 aromatic rings. The smallest absolute Gasteiger partial charge is 0.413 e. The molecule has 0 fully saturated rings. The maximum absolute atomic E-state index is 13.7. The standard InChI is InChI=1S/C20H14Cl2F3O/c1-26-14-8-5-12(6-9-14)19-15(3-2-4-16(19)20(23,24)25)13-7-10-17(21)18(22)11-13/h3-11H,2H2,1H3. The summed E-state index contributed by atoms with van der Waals surface area (Å²) in [5, 5.41) is 0.645. The van der Waals surface area contributed by atoms with Gasteiger partial charge in [-0.3, -0.25) is 0 Å². The van der Waals surface area contributed by atoms with Gasteiger partial charge in [0.15, 0.2) is 0 Å². The second-order valence-corrected chi connectivity index (χ2v) is 6.52. The monoisotopic (exact) mass is 397 g/mol. The van der Waals surface area contributed by atoms with E-state index >= 15 is 0 Å². The lowest BCUT2D eigenvalue weighted by Gasteiger charge is -2.24. The van der Waals surface area contributed by atoms with Crippen molar-refractivity contribution in [2.24, 2.45) is 0 Å². The number of alkyl halides is 3. The number of methoxy groups -OCH3 is 1. The summed E-state index contributed by atoms with van der Waals surface area (Å²) in [4.78, 5) is 0. The number of hydrogen-bond donors (Lipinski definition) is 0. The second kappa shape index (κ2) is 7.37. The molecule has 1 nitrogen and oxygen atoms in total. The third kappa shape index (κ3) is 3.76. The summed E-state index contributed by atoms with van der Waals surface area (Å²) >= 11 is 12.0. The maximum Gasteiger partial charge on any atom is 0.413 e. The van der Waals surface area contributed by atoms with Crippen molar-refractivity contribution in [1.82, 2.24) is 0 Å². The fourth-order valence-electron chi connectivity index (χ4n) is 2.90. The van der Waals surface area contributed by atoms with E-state index in [-0.39, 0.29) is 12.0 Å². The van der Waals surface area contributed by atoms with E-state index in [0.717, 1.165) is 0 Å². The number of halogens is 5. The van der Waals surface area contributed by atoms with Crippen LogP contribution in [0.15, 0.2) is 54.1 Å². The Balaban J connectivity index is 2.19. The van der Waals surface area contributed by atoms with Gasteiger partial charge in [0, 0.05) is 12.0 Å². The minimum atomic E-state index is -4.47. The number of allylic oxidation sites excluding steroid dienone is 4. The van der Waals surface area contributed by atoms with Gasteiger partial charge in [0.2, 0.25) is 0 Å². The van der Waals surface area contributed by atoms with Gasteiger partial charge < -0.3 is 4.74 Å². The number of hydrogen-bond acceptors (Lipinski definition) is 1. The van der Waals surface area contributed by atoms with Gasteiger partial charge >= 0.3 is 6.18 Å². The minimum Gasteiger partial charge on any atom is -0.497 e. The third-order valence-corrected chi connectivity index (χ3v) is 4.84. The lowest BCUT2D eigenvalue weighted by Crippen LogP contribution is -2.17. The first-order valence-corrected chi connectivity index (χ1v) is 8.52. The zero-order valence-electron chi connectivity index (χ0n) is 13.7. The van der Waals surface area contributed by atoms with Gasteiger partial charge in [-0.15, -0.1) is 0 Å². The molecule has 135 valence electrons. The molecule has 26 heavy (non-hydrogen) atoms. The molecule has 0 aromatic heterocycles. The summed E-state index contributed by atoms with van der Waals surface area (Å²) in [6.45, 7) is 0. The Kier molecular flexibility index (Phi) is 5.35. The van der Waals surface area contributed by atoms with Gasteiger partial charge in [-0.2, -0.15) is 13.2 Å². The third-order valence-electron chi connectivity index (χ3n) is 4.10. The molecular weight excluding hydrogens is 384 g/mol. The second-order valence-electron chi connectivity index (χ2n) is 5.70. The molecule has 0 spiro atoms. The van der Waals surface area contributed by atoms with E-state index in [2.05, 4.69) is 0 Å². The summed E-state index contributed by atoms with van der Waals surface area (Å²) in [5.74, 6) is 0.572. The minimum absolute atomic E-state index is 0.116. The van der Waals surface area contributed by atoms with Gasteiger partial charge in [-0.1, -0.05) is 47.5 Å². The molecule has 0 saturated carbocycles. The summed E-state index contributed by atoms with van der Waals surface area (Å²) in [5.41, 5.74) is 0.964. The lowest BCUT2D eigenvalue weighted by atomic mass is 9.82. The van der Waals surface area contributed by atoms with Crippen LogP contribution in [0.1, 0.15) is 17.5 Å². The maximum atomic E-state index is 13.7. The van der Waals surface area contributed by atoms with Crippen molar-refractivity contribution in [3.05, 3.63) is 81.7 Å². The van der Waals surface area contributed by atoms with E-state index in [1.807, 2.05) is 0 Å². The Morgan fingerprint density at radius 2 is 1.58 bits per heavy atom. The van der Waals surface area contributed by atoms with Crippen molar-refractivity contribution in [2.75, 3.05) is 7.11 Å². The van der Waals surface area contributed by atoms with Crippen LogP contribution in [0.5, 0.6) is 5.75 Å². The van der Waals surface area contributed by atoms with Crippen LogP contribution in [-0.4, -0.2) is 13.3 Å². The summed E-state index contributed by atoms with van der Waals surface area (Å²) < 4.78 is 46.1. The zero-order chi connectivity index (χ0) is 18.9. The van der Waals surface area contributed by atoms with E-state index in [1.54, 1.807) is 48.5 Å². The largest absolute Gasteiger partial charge is 0.497 e. The molecule has 1 radical (unpaired) electrons. The topological polar surface area (TPSA) is 9.23 Å². The molecule has 1 aliphatic carbocycles. The molecule has 0 heterocycles. The van der Waals surface area contributed by atoms with Gasteiger partial charge in [0.1, 0.15) is 5.75 Å². The van der Waals surface area contributed by atoms with Crippen molar-refractivity contribution in [2.45, 2.75) is 12.6 Å². The van der Waals surface area contributed by atoms with Crippen LogP contribution in [-0.2, 0) is 0 Å². The molecule has 0 amide bonds. The van der Waals surface area contributed by atoms with E-state index in [9.17, 15) is 13.2 Å². The van der Waals surface area contributed by atoms with Crippen LogP contribution in [0.25, 0.3) is 11.1 Å². The summed E-state index contributed by atoms with van der Waals surface area (Å²) in [6, 6.07) is 11.3. The average molecular weight is 398 g/mol. The zero-order valence-corrected chi connectivity index (χ0v) is 15.2. The predicted octanol–water partition coefficient (Wildman–Crippen LogP) is 7.01. The van der Waals surface area contributed by atoms with Crippen molar-refractivity contribution >= 4 is 34.3 Å². The number of rotatable bonds is 3. The van der Waals surface area contributed by atoms with Crippen molar-refractivity contribution in [1.29, 1.82) is 0 Å². The molecule has 1 aliphatic rings. The molecule has 0 saturated heterocycles. The number of benzene rings is 2.